The van der Waals surface area contributed by atoms with Crippen molar-refractivity contribution >= 4 is 16.7 Å². The van der Waals surface area contributed by atoms with E-state index in [0.717, 1.165) is 35.3 Å². The monoisotopic (exact) mass is 428 g/mol. The van der Waals surface area contributed by atoms with Gasteiger partial charge in [0.05, 0.1) is 29.1 Å². The summed E-state index contributed by atoms with van der Waals surface area (Å²) in [5.41, 5.74) is 3.78. The first-order valence-corrected chi connectivity index (χ1v) is 10.8. The second-order valence-electron chi connectivity index (χ2n) is 8.31. The molecular formula is C23H24N8O. The number of rotatable bonds is 5. The zero-order chi connectivity index (χ0) is 22.1. The fourth-order valence-electron chi connectivity index (χ4n) is 4.02. The third-order valence-electron chi connectivity index (χ3n) is 5.55. The Morgan fingerprint density at radius 2 is 2.09 bits per heavy atom. The van der Waals surface area contributed by atoms with E-state index in [1.807, 2.05) is 12.1 Å². The molecule has 1 atom stereocenters. The van der Waals surface area contributed by atoms with Crippen molar-refractivity contribution in [2.75, 3.05) is 11.9 Å². The van der Waals surface area contributed by atoms with Gasteiger partial charge < -0.3 is 15.2 Å². The first-order chi connectivity index (χ1) is 15.6. The van der Waals surface area contributed by atoms with Gasteiger partial charge in [-0.3, -0.25) is 0 Å². The van der Waals surface area contributed by atoms with E-state index in [2.05, 4.69) is 50.8 Å². The molecule has 1 aliphatic heterocycles. The Morgan fingerprint density at radius 1 is 1.19 bits per heavy atom. The van der Waals surface area contributed by atoms with Crippen LogP contribution < -0.4 is 10.6 Å². The third kappa shape index (κ3) is 3.81. The molecule has 0 aliphatic carbocycles. The summed E-state index contributed by atoms with van der Waals surface area (Å²) in [6.07, 6.45) is 8.45. The lowest BCUT2D eigenvalue weighted by Gasteiger charge is -2.20. The Balaban J connectivity index is 1.53. The minimum absolute atomic E-state index is 0.206. The fourth-order valence-corrected chi connectivity index (χ4v) is 4.02. The van der Waals surface area contributed by atoms with Gasteiger partial charge in [-0.25, -0.2) is 9.97 Å². The third-order valence-corrected chi connectivity index (χ3v) is 5.55. The predicted octanol–water partition coefficient (Wildman–Crippen LogP) is 3.98. The van der Waals surface area contributed by atoms with Crippen molar-refractivity contribution < 1.29 is 4.52 Å². The van der Waals surface area contributed by atoms with Crippen LogP contribution in [-0.2, 0) is 0 Å². The van der Waals surface area contributed by atoms with Gasteiger partial charge in [0, 0.05) is 36.0 Å². The molecular weight excluding hydrogens is 404 g/mol. The van der Waals surface area contributed by atoms with Crippen LogP contribution >= 0.6 is 0 Å². The molecule has 9 heteroatoms. The van der Waals surface area contributed by atoms with E-state index in [-0.39, 0.29) is 12.1 Å². The lowest BCUT2D eigenvalue weighted by atomic mass is 10.0. The zero-order valence-corrected chi connectivity index (χ0v) is 18.0. The molecule has 4 aromatic rings. The maximum absolute atomic E-state index is 9.11. The van der Waals surface area contributed by atoms with Gasteiger partial charge in [0.15, 0.2) is 17.2 Å². The van der Waals surface area contributed by atoms with Crippen LogP contribution in [0.25, 0.3) is 28.2 Å². The van der Waals surface area contributed by atoms with E-state index in [1.165, 1.54) is 19.0 Å². The largest absolute Gasteiger partial charge is 0.382 e. The van der Waals surface area contributed by atoms with Crippen LogP contribution in [0.1, 0.15) is 50.4 Å². The van der Waals surface area contributed by atoms with Crippen molar-refractivity contribution in [2.24, 2.45) is 0 Å². The Kier molecular flexibility index (Phi) is 5.29. The highest BCUT2D eigenvalue weighted by Gasteiger charge is 2.21. The highest BCUT2D eigenvalue weighted by atomic mass is 16.5. The molecule has 162 valence electrons. The molecule has 1 saturated heterocycles. The number of nitriles is 1. The summed E-state index contributed by atoms with van der Waals surface area (Å²) in [5.74, 6) is 1.30. The van der Waals surface area contributed by atoms with Crippen molar-refractivity contribution in [1.29, 1.82) is 5.26 Å². The van der Waals surface area contributed by atoms with Crippen LogP contribution in [0.3, 0.4) is 0 Å². The summed E-state index contributed by atoms with van der Waals surface area (Å²) in [5, 5.41) is 25.6. The number of nitrogens with one attached hydrogen (secondary N) is 2. The molecule has 1 unspecified atom stereocenters. The summed E-state index contributed by atoms with van der Waals surface area (Å²) in [6.45, 7) is 5.16. The van der Waals surface area contributed by atoms with E-state index < -0.39 is 0 Å². The molecule has 32 heavy (non-hydrogen) atoms. The number of pyridine rings is 2. The zero-order valence-electron chi connectivity index (χ0n) is 18.0. The normalized spacial score (nSPS) is 16.4. The van der Waals surface area contributed by atoms with Gasteiger partial charge in [-0.15, -0.1) is 0 Å². The molecule has 4 aromatic heterocycles. The lowest BCUT2D eigenvalue weighted by molar-refractivity contribution is 0.368. The van der Waals surface area contributed by atoms with Crippen LogP contribution in [0.15, 0.2) is 41.3 Å². The topological polar surface area (TPSA) is 117 Å². The molecule has 0 amide bonds. The SMILES string of the molecule is CC(C)Nc1cc(-n2ncc3cc(C#N)cnc32)ncc1-c1cc(C2CCCCN2)no1. The molecule has 5 heterocycles. The van der Waals surface area contributed by atoms with Gasteiger partial charge in [0.25, 0.3) is 0 Å². The molecule has 2 N–H and O–H groups in total. The van der Waals surface area contributed by atoms with E-state index in [4.69, 9.17) is 9.78 Å². The number of hydrogen-bond donors (Lipinski definition) is 2. The second kappa shape index (κ2) is 8.40. The second-order valence-corrected chi connectivity index (χ2v) is 8.31. The minimum atomic E-state index is 0.206. The van der Waals surface area contributed by atoms with Gasteiger partial charge in [-0.1, -0.05) is 11.6 Å². The van der Waals surface area contributed by atoms with Crippen LogP contribution in [0, 0.1) is 11.3 Å². The van der Waals surface area contributed by atoms with Crippen LogP contribution in [0.4, 0.5) is 5.69 Å². The van der Waals surface area contributed by atoms with Crippen molar-refractivity contribution in [3.8, 4) is 23.2 Å². The molecule has 0 bridgehead atoms. The molecule has 5 rings (SSSR count). The molecule has 0 radical (unpaired) electrons. The van der Waals surface area contributed by atoms with Gasteiger partial charge in [-0.2, -0.15) is 15.0 Å². The summed E-state index contributed by atoms with van der Waals surface area (Å²) in [6, 6.07) is 8.24. The summed E-state index contributed by atoms with van der Waals surface area (Å²) < 4.78 is 7.39. The maximum atomic E-state index is 9.11. The van der Waals surface area contributed by atoms with E-state index in [0.29, 0.717) is 22.8 Å². The summed E-state index contributed by atoms with van der Waals surface area (Å²) in [7, 11) is 0. The maximum Gasteiger partial charge on any atom is 0.170 e. The quantitative estimate of drug-likeness (QED) is 0.490. The standard InChI is InChI=1S/C23H24N8O/c1-14(2)29-19-9-22(31-23-16(12-28-31)7-15(10-24)11-27-23)26-13-17(19)21-8-20(30-32-21)18-5-3-4-6-25-18/h7-9,11-14,18,25H,3-6H2,1-2H3,(H,26,29). The first-order valence-electron chi connectivity index (χ1n) is 10.8. The van der Waals surface area contributed by atoms with Crippen molar-refractivity contribution in [3.05, 3.63) is 48.0 Å². The molecule has 1 fully saturated rings. The average molecular weight is 429 g/mol. The van der Waals surface area contributed by atoms with E-state index in [9.17, 15) is 0 Å². The Bertz CT molecular complexity index is 1290. The smallest absolute Gasteiger partial charge is 0.170 e. The fraction of sp³-hybridized carbons (Fsp3) is 0.348. The minimum Gasteiger partial charge on any atom is -0.382 e. The van der Waals surface area contributed by atoms with E-state index >= 15 is 0 Å². The molecule has 1 aliphatic rings. The predicted molar refractivity (Wildman–Crippen MR) is 120 cm³/mol. The molecule has 0 aromatic carbocycles. The van der Waals surface area contributed by atoms with Crippen LogP contribution in [0.2, 0.25) is 0 Å². The number of piperidine rings is 1. The first kappa shape index (κ1) is 20.2. The molecule has 0 saturated carbocycles. The van der Waals surface area contributed by atoms with Gasteiger partial charge >= 0.3 is 0 Å². The lowest BCUT2D eigenvalue weighted by Crippen LogP contribution is -2.26. The Morgan fingerprint density at radius 3 is 2.88 bits per heavy atom. The molecule has 0 spiro atoms. The number of hydrogen-bond acceptors (Lipinski definition) is 8. The number of fused-ring (bicyclic) bond motifs is 1. The highest BCUT2D eigenvalue weighted by molar-refractivity contribution is 5.79. The van der Waals surface area contributed by atoms with Gasteiger partial charge in [-0.05, 0) is 39.3 Å². The highest BCUT2D eigenvalue weighted by Crippen LogP contribution is 2.33. The number of anilines is 1. The number of nitrogens with zero attached hydrogens (tertiary/aromatic N) is 6. The van der Waals surface area contributed by atoms with Crippen molar-refractivity contribution in [3.63, 3.8) is 0 Å². The Hall–Kier alpha value is -3.77. The number of aromatic nitrogens is 5. The molecule has 9 nitrogen and oxygen atoms in total. The average Bonchev–Trinajstić information content (AvgIpc) is 3.46. The van der Waals surface area contributed by atoms with Crippen molar-refractivity contribution in [2.45, 2.75) is 45.2 Å². The van der Waals surface area contributed by atoms with Crippen LogP contribution in [-0.4, -0.2) is 37.5 Å². The summed E-state index contributed by atoms with van der Waals surface area (Å²) in [4.78, 5) is 9.03. The van der Waals surface area contributed by atoms with Crippen LogP contribution in [0.5, 0.6) is 0 Å². The van der Waals surface area contributed by atoms with E-state index in [1.54, 1.807) is 23.1 Å². The van der Waals surface area contributed by atoms with Gasteiger partial charge in [0.1, 0.15) is 11.8 Å². The summed E-state index contributed by atoms with van der Waals surface area (Å²) >= 11 is 0. The van der Waals surface area contributed by atoms with Crippen molar-refractivity contribution in [1.82, 2.24) is 30.2 Å². The Labute approximate surface area is 185 Å². The van der Waals surface area contributed by atoms with Gasteiger partial charge in [0.2, 0.25) is 0 Å².